The van der Waals surface area contributed by atoms with Gasteiger partial charge in [0.25, 0.3) is 0 Å². The Hall–Kier alpha value is -1.60. The summed E-state index contributed by atoms with van der Waals surface area (Å²) >= 11 is 0. The fourth-order valence-corrected chi connectivity index (χ4v) is 1.92. The van der Waals surface area contributed by atoms with Crippen LogP contribution in [0.4, 0.5) is 0 Å². The van der Waals surface area contributed by atoms with Crippen LogP contribution in [0.5, 0.6) is 0 Å². The Morgan fingerprint density at radius 2 is 1.75 bits per heavy atom. The first-order valence-electron chi connectivity index (χ1n) is 5.45. The van der Waals surface area contributed by atoms with Crippen molar-refractivity contribution in [1.29, 1.82) is 0 Å². The summed E-state index contributed by atoms with van der Waals surface area (Å²) in [6.07, 6.45) is 0. The summed E-state index contributed by atoms with van der Waals surface area (Å²) in [5.74, 6) is 0. The number of hydrogen-bond acceptors (Lipinski definition) is 1. The van der Waals surface area contributed by atoms with Crippen molar-refractivity contribution in [3.05, 3.63) is 59.7 Å². The molecule has 0 fully saturated rings. The molecule has 0 aliphatic carbocycles. The summed E-state index contributed by atoms with van der Waals surface area (Å²) in [4.78, 5) is 0. The van der Waals surface area contributed by atoms with Gasteiger partial charge in [0.05, 0.1) is 6.61 Å². The Labute approximate surface area is 96.7 Å². The Bertz CT molecular complexity index is 460. The quantitative estimate of drug-likeness (QED) is 0.751. The molecule has 0 atom stereocenters. The van der Waals surface area contributed by atoms with Crippen LogP contribution in [0.3, 0.4) is 0 Å². The third-order valence-corrected chi connectivity index (χ3v) is 2.69. The van der Waals surface area contributed by atoms with Gasteiger partial charge in [-0.05, 0) is 29.2 Å². The van der Waals surface area contributed by atoms with E-state index in [9.17, 15) is 0 Å². The van der Waals surface area contributed by atoms with Crippen LogP contribution in [0, 0.1) is 6.92 Å². The molecule has 2 aromatic carbocycles. The van der Waals surface area contributed by atoms with Crippen molar-refractivity contribution in [3.63, 3.8) is 0 Å². The molecule has 0 saturated carbocycles. The van der Waals surface area contributed by atoms with Crippen molar-refractivity contribution >= 4 is 0 Å². The summed E-state index contributed by atoms with van der Waals surface area (Å²) in [5.41, 5.74) is 5.07. The lowest BCUT2D eigenvalue weighted by Gasteiger charge is -2.08. The van der Waals surface area contributed by atoms with Crippen LogP contribution in [-0.4, -0.2) is 7.11 Å². The van der Waals surface area contributed by atoms with Crippen LogP contribution in [0.15, 0.2) is 48.5 Å². The lowest BCUT2D eigenvalue weighted by Crippen LogP contribution is -1.90. The molecule has 82 valence electrons. The number of methoxy groups -OCH3 is 1. The van der Waals surface area contributed by atoms with Crippen LogP contribution in [-0.2, 0) is 11.3 Å². The summed E-state index contributed by atoms with van der Waals surface area (Å²) in [6, 6.07) is 16.9. The number of rotatable bonds is 3. The standard InChI is InChI=1S/C15H16O/c1-12-10-13(11-16-2)8-9-15(12)14-6-4-3-5-7-14/h3-10H,11H2,1-2H3. The molecule has 1 heteroatoms. The van der Waals surface area contributed by atoms with Crippen LogP contribution >= 0.6 is 0 Å². The average Bonchev–Trinajstić information content (AvgIpc) is 2.31. The van der Waals surface area contributed by atoms with Gasteiger partial charge in [0, 0.05) is 7.11 Å². The van der Waals surface area contributed by atoms with E-state index in [1.165, 1.54) is 22.3 Å². The maximum absolute atomic E-state index is 5.13. The smallest absolute Gasteiger partial charge is 0.0713 e. The zero-order chi connectivity index (χ0) is 11.4. The van der Waals surface area contributed by atoms with E-state index >= 15 is 0 Å². The molecule has 0 N–H and O–H groups in total. The molecule has 2 aromatic rings. The second kappa shape index (κ2) is 4.95. The summed E-state index contributed by atoms with van der Waals surface area (Å²) < 4.78 is 5.13. The molecule has 0 amide bonds. The van der Waals surface area contributed by atoms with Gasteiger partial charge >= 0.3 is 0 Å². The van der Waals surface area contributed by atoms with Crippen molar-refractivity contribution in [2.45, 2.75) is 13.5 Å². The lowest BCUT2D eigenvalue weighted by atomic mass is 9.99. The van der Waals surface area contributed by atoms with E-state index in [1.54, 1.807) is 7.11 Å². The molecule has 0 radical (unpaired) electrons. The molecule has 0 saturated heterocycles. The topological polar surface area (TPSA) is 9.23 Å². The van der Waals surface area contributed by atoms with Gasteiger partial charge < -0.3 is 4.74 Å². The highest BCUT2D eigenvalue weighted by Gasteiger charge is 2.02. The van der Waals surface area contributed by atoms with Crippen LogP contribution < -0.4 is 0 Å². The lowest BCUT2D eigenvalue weighted by molar-refractivity contribution is 0.185. The van der Waals surface area contributed by atoms with Gasteiger partial charge in [-0.1, -0.05) is 48.5 Å². The van der Waals surface area contributed by atoms with Gasteiger partial charge in [-0.3, -0.25) is 0 Å². The molecule has 0 aliphatic rings. The normalized spacial score (nSPS) is 10.4. The van der Waals surface area contributed by atoms with E-state index in [4.69, 9.17) is 4.74 Å². The minimum absolute atomic E-state index is 0.676. The SMILES string of the molecule is COCc1ccc(-c2ccccc2)c(C)c1. The Kier molecular flexibility index (Phi) is 3.37. The Morgan fingerprint density at radius 1 is 1.00 bits per heavy atom. The number of aryl methyl sites for hydroxylation is 1. The van der Waals surface area contributed by atoms with E-state index in [2.05, 4.69) is 49.4 Å². The maximum Gasteiger partial charge on any atom is 0.0713 e. The summed E-state index contributed by atoms with van der Waals surface area (Å²) in [5, 5.41) is 0. The second-order valence-corrected chi connectivity index (χ2v) is 3.95. The largest absolute Gasteiger partial charge is 0.380 e. The second-order valence-electron chi connectivity index (χ2n) is 3.95. The van der Waals surface area contributed by atoms with Crippen molar-refractivity contribution in [2.24, 2.45) is 0 Å². The van der Waals surface area contributed by atoms with E-state index in [0.717, 1.165) is 0 Å². The molecule has 0 unspecified atom stereocenters. The van der Waals surface area contributed by atoms with Crippen LogP contribution in [0.2, 0.25) is 0 Å². The van der Waals surface area contributed by atoms with E-state index in [1.807, 2.05) is 6.07 Å². The van der Waals surface area contributed by atoms with Crippen molar-refractivity contribution in [3.8, 4) is 11.1 Å². The van der Waals surface area contributed by atoms with E-state index in [-0.39, 0.29) is 0 Å². The zero-order valence-corrected chi connectivity index (χ0v) is 9.73. The molecular formula is C15H16O. The van der Waals surface area contributed by atoms with E-state index < -0.39 is 0 Å². The number of hydrogen-bond donors (Lipinski definition) is 0. The third-order valence-electron chi connectivity index (χ3n) is 2.69. The first-order valence-corrected chi connectivity index (χ1v) is 5.45. The monoisotopic (exact) mass is 212 g/mol. The predicted molar refractivity (Wildman–Crippen MR) is 67.3 cm³/mol. The average molecular weight is 212 g/mol. The van der Waals surface area contributed by atoms with Gasteiger partial charge in [-0.15, -0.1) is 0 Å². The van der Waals surface area contributed by atoms with Crippen molar-refractivity contribution in [1.82, 2.24) is 0 Å². The number of ether oxygens (including phenoxy) is 1. The van der Waals surface area contributed by atoms with Gasteiger partial charge in [0.1, 0.15) is 0 Å². The van der Waals surface area contributed by atoms with Gasteiger partial charge in [0.2, 0.25) is 0 Å². The van der Waals surface area contributed by atoms with Crippen molar-refractivity contribution in [2.75, 3.05) is 7.11 Å². The molecular weight excluding hydrogens is 196 g/mol. The van der Waals surface area contributed by atoms with Gasteiger partial charge in [-0.2, -0.15) is 0 Å². The van der Waals surface area contributed by atoms with Gasteiger partial charge in [-0.25, -0.2) is 0 Å². The Morgan fingerprint density at radius 3 is 2.38 bits per heavy atom. The molecule has 16 heavy (non-hydrogen) atoms. The third kappa shape index (κ3) is 2.31. The first-order chi connectivity index (χ1) is 7.81. The molecule has 0 aliphatic heterocycles. The van der Waals surface area contributed by atoms with Crippen molar-refractivity contribution < 1.29 is 4.74 Å². The Balaban J connectivity index is 2.37. The highest BCUT2D eigenvalue weighted by molar-refractivity contribution is 5.67. The van der Waals surface area contributed by atoms with Crippen LogP contribution in [0.25, 0.3) is 11.1 Å². The minimum atomic E-state index is 0.676. The molecule has 0 aromatic heterocycles. The minimum Gasteiger partial charge on any atom is -0.380 e. The maximum atomic E-state index is 5.13. The molecule has 0 spiro atoms. The van der Waals surface area contributed by atoms with E-state index in [0.29, 0.717) is 6.61 Å². The van der Waals surface area contributed by atoms with Gasteiger partial charge in [0.15, 0.2) is 0 Å². The van der Waals surface area contributed by atoms with Crippen LogP contribution in [0.1, 0.15) is 11.1 Å². The molecule has 2 rings (SSSR count). The zero-order valence-electron chi connectivity index (χ0n) is 9.73. The molecule has 0 bridgehead atoms. The fourth-order valence-electron chi connectivity index (χ4n) is 1.92. The summed E-state index contributed by atoms with van der Waals surface area (Å²) in [6.45, 7) is 2.82. The first kappa shape index (κ1) is 10.9. The highest BCUT2D eigenvalue weighted by atomic mass is 16.5. The predicted octanol–water partition coefficient (Wildman–Crippen LogP) is 3.81. The summed E-state index contributed by atoms with van der Waals surface area (Å²) in [7, 11) is 1.72. The molecule has 0 heterocycles. The molecule has 1 nitrogen and oxygen atoms in total. The fraction of sp³-hybridized carbons (Fsp3) is 0.200. The highest BCUT2D eigenvalue weighted by Crippen LogP contribution is 2.24. The number of benzene rings is 2.